The fraction of sp³-hybridized carbons (Fsp3) is 0.526. The van der Waals surface area contributed by atoms with Crippen LogP contribution in [-0.4, -0.2) is 61.2 Å². The maximum absolute atomic E-state index is 13.0. The summed E-state index contributed by atoms with van der Waals surface area (Å²) in [6, 6.07) is 4.72. The SMILES string of the molecule is COc1ccc(C(=O)N2CCC(C(=O)O)(C(C)C)C2)cc1N1CCNC1=O. The van der Waals surface area contributed by atoms with E-state index in [1.807, 2.05) is 13.8 Å². The first kappa shape index (κ1) is 19.0. The topological polar surface area (TPSA) is 99.2 Å². The van der Waals surface area contributed by atoms with Crippen molar-refractivity contribution in [2.24, 2.45) is 11.3 Å². The number of nitrogens with zero attached hydrogens (tertiary/aromatic N) is 2. The largest absolute Gasteiger partial charge is 0.495 e. The lowest BCUT2D eigenvalue weighted by atomic mass is 9.76. The van der Waals surface area contributed by atoms with Crippen LogP contribution in [-0.2, 0) is 4.79 Å². The van der Waals surface area contributed by atoms with Gasteiger partial charge in [-0.05, 0) is 30.5 Å². The number of methoxy groups -OCH3 is 1. The Kier molecular flexibility index (Phi) is 4.99. The van der Waals surface area contributed by atoms with Crippen LogP contribution in [0.2, 0.25) is 0 Å². The van der Waals surface area contributed by atoms with E-state index < -0.39 is 11.4 Å². The van der Waals surface area contributed by atoms with Crippen LogP contribution >= 0.6 is 0 Å². The summed E-state index contributed by atoms with van der Waals surface area (Å²) >= 11 is 0. The fourth-order valence-corrected chi connectivity index (χ4v) is 3.82. The molecule has 27 heavy (non-hydrogen) atoms. The highest BCUT2D eigenvalue weighted by Gasteiger charge is 2.48. The van der Waals surface area contributed by atoms with Gasteiger partial charge < -0.3 is 20.1 Å². The Morgan fingerprint density at radius 2 is 2.04 bits per heavy atom. The Morgan fingerprint density at radius 3 is 2.56 bits per heavy atom. The van der Waals surface area contributed by atoms with Gasteiger partial charge in [0, 0.05) is 31.7 Å². The molecule has 1 unspecified atom stereocenters. The maximum Gasteiger partial charge on any atom is 0.322 e. The number of hydrogen-bond acceptors (Lipinski definition) is 4. The monoisotopic (exact) mass is 375 g/mol. The first-order valence-electron chi connectivity index (χ1n) is 9.06. The lowest BCUT2D eigenvalue weighted by molar-refractivity contribution is -0.150. The number of rotatable bonds is 5. The second-order valence-electron chi connectivity index (χ2n) is 7.36. The summed E-state index contributed by atoms with van der Waals surface area (Å²) in [4.78, 5) is 40.0. The molecule has 8 nitrogen and oxygen atoms in total. The highest BCUT2D eigenvalue weighted by molar-refractivity contribution is 6.00. The van der Waals surface area contributed by atoms with Crippen molar-refractivity contribution < 1.29 is 24.2 Å². The van der Waals surface area contributed by atoms with Crippen LogP contribution in [0.25, 0.3) is 0 Å². The molecule has 2 N–H and O–H groups in total. The number of urea groups is 1. The molecule has 3 rings (SSSR count). The summed E-state index contributed by atoms with van der Waals surface area (Å²) in [5.74, 6) is -0.668. The van der Waals surface area contributed by atoms with Crippen LogP contribution in [0.15, 0.2) is 18.2 Å². The van der Waals surface area contributed by atoms with Crippen molar-refractivity contribution in [2.45, 2.75) is 20.3 Å². The highest BCUT2D eigenvalue weighted by atomic mass is 16.5. The molecule has 0 saturated carbocycles. The van der Waals surface area contributed by atoms with E-state index in [-0.39, 0.29) is 24.4 Å². The number of ether oxygens (including phenoxy) is 1. The van der Waals surface area contributed by atoms with E-state index in [9.17, 15) is 19.5 Å². The third-order valence-electron chi connectivity index (χ3n) is 5.69. The van der Waals surface area contributed by atoms with Gasteiger partial charge in [0.1, 0.15) is 5.75 Å². The number of anilines is 1. The third-order valence-corrected chi connectivity index (χ3v) is 5.69. The van der Waals surface area contributed by atoms with Gasteiger partial charge in [-0.3, -0.25) is 14.5 Å². The standard InChI is InChI=1S/C19H25N3O5/c1-12(2)19(17(24)25)6-8-21(11-19)16(23)13-4-5-15(27-3)14(10-13)22-9-7-20-18(22)26/h4-5,10,12H,6-9,11H2,1-3H3,(H,20,26)(H,24,25). The van der Waals surface area contributed by atoms with Crippen molar-refractivity contribution in [2.75, 3.05) is 38.2 Å². The molecule has 0 aromatic heterocycles. The van der Waals surface area contributed by atoms with Crippen molar-refractivity contribution in [1.29, 1.82) is 0 Å². The molecule has 2 saturated heterocycles. The summed E-state index contributed by atoms with van der Waals surface area (Å²) in [5, 5.41) is 12.4. The van der Waals surface area contributed by atoms with Gasteiger partial charge in [0.15, 0.2) is 0 Å². The molecule has 0 spiro atoms. The molecule has 0 radical (unpaired) electrons. The molecule has 1 atom stereocenters. The Bertz CT molecular complexity index is 779. The van der Waals surface area contributed by atoms with E-state index in [4.69, 9.17) is 4.74 Å². The number of carbonyl (C=O) groups is 3. The van der Waals surface area contributed by atoms with Gasteiger partial charge in [-0.2, -0.15) is 0 Å². The first-order chi connectivity index (χ1) is 12.8. The minimum absolute atomic E-state index is 0.0764. The smallest absolute Gasteiger partial charge is 0.322 e. The van der Waals surface area contributed by atoms with Gasteiger partial charge in [-0.1, -0.05) is 13.8 Å². The summed E-state index contributed by atoms with van der Waals surface area (Å²) in [6.45, 7) is 5.35. The molecule has 2 aliphatic heterocycles. The van der Waals surface area contributed by atoms with Gasteiger partial charge in [0.05, 0.1) is 18.2 Å². The quantitative estimate of drug-likeness (QED) is 0.818. The molecule has 8 heteroatoms. The maximum atomic E-state index is 13.0. The van der Waals surface area contributed by atoms with Gasteiger partial charge in [-0.15, -0.1) is 0 Å². The molecular formula is C19H25N3O5. The number of carbonyl (C=O) groups excluding carboxylic acids is 2. The second-order valence-corrected chi connectivity index (χ2v) is 7.36. The molecule has 146 valence electrons. The van der Waals surface area contributed by atoms with E-state index in [0.717, 1.165) is 0 Å². The van der Waals surface area contributed by atoms with Crippen LogP contribution in [0.5, 0.6) is 5.75 Å². The van der Waals surface area contributed by atoms with E-state index in [1.54, 1.807) is 23.1 Å². The molecule has 0 aliphatic carbocycles. The first-order valence-corrected chi connectivity index (χ1v) is 9.06. The van der Waals surface area contributed by atoms with Gasteiger partial charge in [-0.25, -0.2) is 4.79 Å². The molecule has 2 fully saturated rings. The van der Waals surface area contributed by atoms with E-state index in [1.165, 1.54) is 12.0 Å². The lowest BCUT2D eigenvalue weighted by Crippen LogP contribution is -2.40. The molecule has 2 aliphatic rings. The summed E-state index contributed by atoms with van der Waals surface area (Å²) in [6.07, 6.45) is 0.434. The van der Waals surface area contributed by atoms with Crippen LogP contribution < -0.4 is 15.0 Å². The second kappa shape index (κ2) is 7.09. The normalized spacial score (nSPS) is 22.3. The Labute approximate surface area is 158 Å². The van der Waals surface area contributed by atoms with Crippen molar-refractivity contribution >= 4 is 23.6 Å². The van der Waals surface area contributed by atoms with E-state index >= 15 is 0 Å². The predicted octanol–water partition coefficient (Wildman–Crippen LogP) is 1.80. The molecule has 0 bridgehead atoms. The van der Waals surface area contributed by atoms with Gasteiger partial charge in [0.25, 0.3) is 5.91 Å². The average molecular weight is 375 g/mol. The molecular weight excluding hydrogens is 350 g/mol. The zero-order valence-electron chi connectivity index (χ0n) is 15.8. The number of nitrogens with one attached hydrogen (secondary N) is 1. The van der Waals surface area contributed by atoms with E-state index in [0.29, 0.717) is 43.1 Å². The van der Waals surface area contributed by atoms with Crippen molar-refractivity contribution in [3.63, 3.8) is 0 Å². The Balaban J connectivity index is 1.88. The van der Waals surface area contributed by atoms with Crippen molar-refractivity contribution in [1.82, 2.24) is 10.2 Å². The minimum Gasteiger partial charge on any atom is -0.495 e. The number of likely N-dealkylation sites (tertiary alicyclic amines) is 1. The highest BCUT2D eigenvalue weighted by Crippen LogP contribution is 2.39. The summed E-state index contributed by atoms with van der Waals surface area (Å²) < 4.78 is 5.34. The third kappa shape index (κ3) is 3.20. The minimum atomic E-state index is -0.917. The number of hydrogen-bond donors (Lipinski definition) is 2. The Morgan fingerprint density at radius 1 is 1.30 bits per heavy atom. The van der Waals surface area contributed by atoms with Crippen LogP contribution in [0.1, 0.15) is 30.6 Å². The van der Waals surface area contributed by atoms with Crippen molar-refractivity contribution in [3.8, 4) is 5.75 Å². The lowest BCUT2D eigenvalue weighted by Gasteiger charge is -2.28. The molecule has 2 heterocycles. The van der Waals surface area contributed by atoms with Gasteiger partial charge in [0.2, 0.25) is 0 Å². The van der Waals surface area contributed by atoms with Gasteiger partial charge >= 0.3 is 12.0 Å². The van der Waals surface area contributed by atoms with Crippen LogP contribution in [0, 0.1) is 11.3 Å². The molecule has 1 aromatic carbocycles. The number of carboxylic acid groups (broad SMARTS) is 1. The summed E-state index contributed by atoms with van der Waals surface area (Å²) in [7, 11) is 1.51. The predicted molar refractivity (Wildman–Crippen MR) is 99.2 cm³/mol. The summed E-state index contributed by atoms with van der Waals surface area (Å²) in [5.41, 5.74) is 0.0288. The number of aliphatic carboxylic acids is 1. The van der Waals surface area contributed by atoms with Crippen molar-refractivity contribution in [3.05, 3.63) is 23.8 Å². The molecule has 1 aromatic rings. The zero-order valence-corrected chi connectivity index (χ0v) is 15.8. The number of carboxylic acids is 1. The number of benzene rings is 1. The Hall–Kier alpha value is -2.77. The average Bonchev–Trinajstić information content (AvgIpc) is 3.28. The molecule has 3 amide bonds. The van der Waals surface area contributed by atoms with Crippen LogP contribution in [0.4, 0.5) is 10.5 Å². The van der Waals surface area contributed by atoms with E-state index in [2.05, 4.69) is 5.32 Å². The fourth-order valence-electron chi connectivity index (χ4n) is 3.82. The zero-order chi connectivity index (χ0) is 19.8. The van der Waals surface area contributed by atoms with Crippen LogP contribution in [0.3, 0.4) is 0 Å². The number of amides is 3.